The third-order valence-electron chi connectivity index (χ3n) is 1.90. The van der Waals surface area contributed by atoms with Crippen LogP contribution in [0.3, 0.4) is 0 Å². The summed E-state index contributed by atoms with van der Waals surface area (Å²) in [4.78, 5) is 0. The van der Waals surface area contributed by atoms with Crippen LogP contribution in [0.4, 0.5) is 4.39 Å². The molecule has 1 unspecified atom stereocenters. The van der Waals surface area contributed by atoms with Crippen molar-refractivity contribution < 1.29 is 9.13 Å². The first-order chi connectivity index (χ1) is 7.13. The maximum atomic E-state index is 13.4. The number of nitrogens with two attached hydrogens (primary N) is 1. The van der Waals surface area contributed by atoms with Gasteiger partial charge in [-0.15, -0.1) is 0 Å². The molecule has 0 aromatic heterocycles. The smallest absolute Gasteiger partial charge is 0.130 e. The standard InChI is InChI=1S/C11H16FNOS/c1-8(13)6-15-7-9-3-4-10(14-2)5-11(9)12/h3-5,8H,6-7,13H2,1-2H3. The summed E-state index contributed by atoms with van der Waals surface area (Å²) in [5, 5.41) is 0. The van der Waals surface area contributed by atoms with Crippen molar-refractivity contribution >= 4 is 11.8 Å². The average molecular weight is 229 g/mol. The molecule has 0 bridgehead atoms. The highest BCUT2D eigenvalue weighted by Crippen LogP contribution is 2.20. The van der Waals surface area contributed by atoms with E-state index in [9.17, 15) is 4.39 Å². The fourth-order valence-electron chi connectivity index (χ4n) is 1.13. The maximum Gasteiger partial charge on any atom is 0.130 e. The van der Waals surface area contributed by atoms with Gasteiger partial charge in [0.15, 0.2) is 0 Å². The van der Waals surface area contributed by atoms with Gasteiger partial charge in [0.25, 0.3) is 0 Å². The van der Waals surface area contributed by atoms with E-state index in [1.807, 2.05) is 6.92 Å². The zero-order valence-corrected chi connectivity index (χ0v) is 9.81. The molecule has 0 aliphatic rings. The Labute approximate surface area is 94.0 Å². The number of halogens is 1. The molecule has 0 fully saturated rings. The summed E-state index contributed by atoms with van der Waals surface area (Å²) in [6.07, 6.45) is 0. The molecule has 0 aliphatic carbocycles. The fraction of sp³-hybridized carbons (Fsp3) is 0.455. The fourth-order valence-corrected chi connectivity index (χ4v) is 2.07. The van der Waals surface area contributed by atoms with Gasteiger partial charge in [-0.25, -0.2) is 4.39 Å². The van der Waals surface area contributed by atoms with E-state index in [4.69, 9.17) is 10.5 Å². The number of thioether (sulfide) groups is 1. The van der Waals surface area contributed by atoms with E-state index in [2.05, 4.69) is 0 Å². The van der Waals surface area contributed by atoms with Crippen molar-refractivity contribution in [2.24, 2.45) is 5.73 Å². The average Bonchev–Trinajstić information content (AvgIpc) is 2.20. The molecule has 2 nitrogen and oxygen atoms in total. The van der Waals surface area contributed by atoms with Gasteiger partial charge in [-0.05, 0) is 18.6 Å². The van der Waals surface area contributed by atoms with Crippen LogP contribution in [0.2, 0.25) is 0 Å². The highest BCUT2D eigenvalue weighted by molar-refractivity contribution is 7.98. The second-order valence-electron chi connectivity index (χ2n) is 3.45. The Morgan fingerprint density at radius 2 is 2.27 bits per heavy atom. The first-order valence-electron chi connectivity index (χ1n) is 4.79. The van der Waals surface area contributed by atoms with E-state index in [0.717, 1.165) is 5.75 Å². The molecule has 15 heavy (non-hydrogen) atoms. The van der Waals surface area contributed by atoms with Crippen molar-refractivity contribution in [3.05, 3.63) is 29.6 Å². The molecule has 1 aromatic rings. The largest absolute Gasteiger partial charge is 0.497 e. The lowest BCUT2D eigenvalue weighted by molar-refractivity contribution is 0.411. The van der Waals surface area contributed by atoms with Gasteiger partial charge in [0.05, 0.1) is 7.11 Å². The van der Waals surface area contributed by atoms with Crippen LogP contribution in [0, 0.1) is 5.82 Å². The normalized spacial score (nSPS) is 12.5. The van der Waals surface area contributed by atoms with E-state index in [1.54, 1.807) is 23.9 Å². The lowest BCUT2D eigenvalue weighted by Gasteiger charge is -2.07. The van der Waals surface area contributed by atoms with Crippen LogP contribution >= 0.6 is 11.8 Å². The van der Waals surface area contributed by atoms with Gasteiger partial charge in [0, 0.05) is 23.6 Å². The number of hydrogen-bond acceptors (Lipinski definition) is 3. The lowest BCUT2D eigenvalue weighted by Crippen LogP contribution is -2.17. The summed E-state index contributed by atoms with van der Waals surface area (Å²) >= 11 is 1.64. The van der Waals surface area contributed by atoms with Crippen LogP contribution in [-0.2, 0) is 5.75 Å². The monoisotopic (exact) mass is 229 g/mol. The Hall–Kier alpha value is -0.740. The molecule has 0 aliphatic heterocycles. The lowest BCUT2D eigenvalue weighted by atomic mass is 10.2. The number of rotatable bonds is 5. The maximum absolute atomic E-state index is 13.4. The van der Waals surface area contributed by atoms with Gasteiger partial charge in [-0.1, -0.05) is 6.07 Å². The predicted octanol–water partition coefficient (Wildman–Crippen LogP) is 2.41. The van der Waals surface area contributed by atoms with E-state index in [1.165, 1.54) is 13.2 Å². The molecular formula is C11H16FNOS. The van der Waals surface area contributed by atoms with Crippen molar-refractivity contribution in [1.82, 2.24) is 0 Å². The molecule has 2 N–H and O–H groups in total. The Morgan fingerprint density at radius 1 is 1.53 bits per heavy atom. The molecule has 1 rings (SSSR count). The molecule has 0 spiro atoms. The second kappa shape index (κ2) is 5.98. The number of ether oxygens (including phenoxy) is 1. The summed E-state index contributed by atoms with van der Waals surface area (Å²) in [6.45, 7) is 1.94. The quantitative estimate of drug-likeness (QED) is 0.842. The second-order valence-corrected chi connectivity index (χ2v) is 4.48. The number of benzene rings is 1. The zero-order chi connectivity index (χ0) is 11.3. The first-order valence-corrected chi connectivity index (χ1v) is 5.94. The molecule has 0 amide bonds. The van der Waals surface area contributed by atoms with Gasteiger partial charge in [-0.2, -0.15) is 11.8 Å². The molecule has 4 heteroatoms. The molecule has 84 valence electrons. The summed E-state index contributed by atoms with van der Waals surface area (Å²) < 4.78 is 18.4. The van der Waals surface area contributed by atoms with E-state index < -0.39 is 0 Å². The molecule has 1 atom stereocenters. The number of methoxy groups -OCH3 is 1. The van der Waals surface area contributed by atoms with Crippen LogP contribution in [0.5, 0.6) is 5.75 Å². The van der Waals surface area contributed by atoms with Gasteiger partial charge >= 0.3 is 0 Å². The highest BCUT2D eigenvalue weighted by atomic mass is 32.2. The third-order valence-corrected chi connectivity index (χ3v) is 3.18. The Kier molecular flexibility index (Phi) is 4.91. The zero-order valence-electron chi connectivity index (χ0n) is 9.00. The third kappa shape index (κ3) is 4.10. The van der Waals surface area contributed by atoms with E-state index in [0.29, 0.717) is 17.1 Å². The van der Waals surface area contributed by atoms with Crippen molar-refractivity contribution in [2.45, 2.75) is 18.7 Å². The minimum absolute atomic E-state index is 0.149. The summed E-state index contributed by atoms with van der Waals surface area (Å²) in [5.74, 6) is 1.82. The summed E-state index contributed by atoms with van der Waals surface area (Å²) in [5.41, 5.74) is 6.30. The van der Waals surface area contributed by atoms with Crippen molar-refractivity contribution in [3.63, 3.8) is 0 Å². The Balaban J connectivity index is 2.54. The Morgan fingerprint density at radius 3 is 2.80 bits per heavy atom. The molecule has 0 heterocycles. The van der Waals surface area contributed by atoms with E-state index >= 15 is 0 Å². The van der Waals surface area contributed by atoms with Crippen molar-refractivity contribution in [2.75, 3.05) is 12.9 Å². The van der Waals surface area contributed by atoms with Gasteiger partial charge in [0.2, 0.25) is 0 Å². The molecule has 1 aromatic carbocycles. The van der Waals surface area contributed by atoms with Crippen LogP contribution in [-0.4, -0.2) is 18.9 Å². The molecule has 0 radical (unpaired) electrons. The molecular weight excluding hydrogens is 213 g/mol. The number of hydrogen-bond donors (Lipinski definition) is 1. The molecule has 0 saturated heterocycles. The topological polar surface area (TPSA) is 35.2 Å². The van der Waals surface area contributed by atoms with Crippen LogP contribution in [0.25, 0.3) is 0 Å². The van der Waals surface area contributed by atoms with Crippen LogP contribution < -0.4 is 10.5 Å². The van der Waals surface area contributed by atoms with Gasteiger partial charge < -0.3 is 10.5 Å². The molecule has 0 saturated carbocycles. The van der Waals surface area contributed by atoms with Crippen molar-refractivity contribution in [3.8, 4) is 5.75 Å². The predicted molar refractivity (Wildman–Crippen MR) is 62.8 cm³/mol. The van der Waals surface area contributed by atoms with Crippen LogP contribution in [0.1, 0.15) is 12.5 Å². The highest BCUT2D eigenvalue weighted by Gasteiger charge is 2.04. The van der Waals surface area contributed by atoms with Gasteiger partial charge in [-0.3, -0.25) is 0 Å². The Bertz CT molecular complexity index is 317. The van der Waals surface area contributed by atoms with E-state index in [-0.39, 0.29) is 11.9 Å². The van der Waals surface area contributed by atoms with Crippen LogP contribution in [0.15, 0.2) is 18.2 Å². The SMILES string of the molecule is COc1ccc(CSCC(C)N)c(F)c1. The van der Waals surface area contributed by atoms with Gasteiger partial charge in [0.1, 0.15) is 11.6 Å². The summed E-state index contributed by atoms with van der Waals surface area (Å²) in [7, 11) is 1.53. The minimum atomic E-state index is -0.216. The minimum Gasteiger partial charge on any atom is -0.497 e. The summed E-state index contributed by atoms with van der Waals surface area (Å²) in [6, 6.07) is 5.07. The first kappa shape index (κ1) is 12.3. The van der Waals surface area contributed by atoms with Crippen molar-refractivity contribution in [1.29, 1.82) is 0 Å².